The van der Waals surface area contributed by atoms with Crippen LogP contribution in [0.3, 0.4) is 0 Å². The molecule has 0 bridgehead atoms. The lowest BCUT2D eigenvalue weighted by Crippen LogP contribution is -2.31. The highest BCUT2D eigenvalue weighted by molar-refractivity contribution is 6.08. The monoisotopic (exact) mass is 400 g/mol. The molecule has 2 heterocycles. The summed E-state index contributed by atoms with van der Waals surface area (Å²) >= 11 is 0. The standard InChI is InChI=1S/C20H24N4O5/c1-14-7-8-24(22-14)10-12-29-17-6-4-3-5-16(17)21-18-15(20(27)28-2)13-23(9-11-25)19(18)26/h3-8,21,25H,9-13H2,1-2H3. The predicted molar refractivity (Wildman–Crippen MR) is 105 cm³/mol. The van der Waals surface area contributed by atoms with E-state index in [1.165, 1.54) is 12.0 Å². The number of para-hydroxylation sites is 2. The Balaban J connectivity index is 1.75. The minimum absolute atomic E-state index is 0.0794. The average Bonchev–Trinajstić information content (AvgIpc) is 3.27. The number of rotatable bonds is 9. The zero-order valence-electron chi connectivity index (χ0n) is 16.4. The number of benzene rings is 1. The Morgan fingerprint density at radius 1 is 1.28 bits per heavy atom. The van der Waals surface area contributed by atoms with E-state index in [9.17, 15) is 9.59 Å². The van der Waals surface area contributed by atoms with Gasteiger partial charge < -0.3 is 24.8 Å². The van der Waals surface area contributed by atoms with Crippen LogP contribution in [-0.4, -0.2) is 65.1 Å². The average molecular weight is 400 g/mol. The van der Waals surface area contributed by atoms with Crippen LogP contribution in [0.2, 0.25) is 0 Å². The molecule has 0 saturated carbocycles. The van der Waals surface area contributed by atoms with Crippen LogP contribution in [-0.2, 0) is 20.9 Å². The number of esters is 1. The quantitative estimate of drug-likeness (QED) is 0.604. The molecule has 1 aromatic heterocycles. The summed E-state index contributed by atoms with van der Waals surface area (Å²) in [6.45, 7) is 2.89. The fourth-order valence-electron chi connectivity index (χ4n) is 3.02. The van der Waals surface area contributed by atoms with E-state index >= 15 is 0 Å². The van der Waals surface area contributed by atoms with Crippen LogP contribution in [0.1, 0.15) is 5.69 Å². The van der Waals surface area contributed by atoms with Crippen molar-refractivity contribution in [3.8, 4) is 5.75 Å². The summed E-state index contributed by atoms with van der Waals surface area (Å²) in [4.78, 5) is 26.2. The molecular weight excluding hydrogens is 376 g/mol. The van der Waals surface area contributed by atoms with Gasteiger partial charge in [0.25, 0.3) is 5.91 Å². The van der Waals surface area contributed by atoms with E-state index in [1.54, 1.807) is 22.9 Å². The van der Waals surface area contributed by atoms with Crippen LogP contribution in [0.4, 0.5) is 5.69 Å². The predicted octanol–water partition coefficient (Wildman–Crippen LogP) is 0.944. The number of anilines is 1. The zero-order chi connectivity index (χ0) is 20.8. The summed E-state index contributed by atoms with van der Waals surface area (Å²) in [6.07, 6.45) is 1.88. The highest BCUT2D eigenvalue weighted by atomic mass is 16.5. The van der Waals surface area contributed by atoms with Crippen molar-refractivity contribution in [2.45, 2.75) is 13.5 Å². The second-order valence-corrected chi connectivity index (χ2v) is 6.49. The molecule has 2 aromatic rings. The fraction of sp³-hybridized carbons (Fsp3) is 0.350. The van der Waals surface area contributed by atoms with Crippen molar-refractivity contribution in [2.75, 3.05) is 38.7 Å². The summed E-state index contributed by atoms with van der Waals surface area (Å²) in [5.74, 6) is -0.420. The van der Waals surface area contributed by atoms with E-state index < -0.39 is 5.97 Å². The van der Waals surface area contributed by atoms with Crippen LogP contribution in [0.5, 0.6) is 5.75 Å². The van der Waals surface area contributed by atoms with E-state index in [2.05, 4.69) is 10.4 Å². The van der Waals surface area contributed by atoms with Gasteiger partial charge in [-0.1, -0.05) is 12.1 Å². The molecule has 1 aromatic carbocycles. The van der Waals surface area contributed by atoms with Crippen LogP contribution in [0.25, 0.3) is 0 Å². The van der Waals surface area contributed by atoms with E-state index in [0.717, 1.165) is 5.69 Å². The number of methoxy groups -OCH3 is 1. The molecule has 1 amide bonds. The number of aliphatic hydroxyl groups excluding tert-OH is 1. The third kappa shape index (κ3) is 4.75. The third-order valence-electron chi connectivity index (χ3n) is 4.45. The Bertz CT molecular complexity index is 921. The highest BCUT2D eigenvalue weighted by Crippen LogP contribution is 2.29. The molecule has 9 nitrogen and oxygen atoms in total. The highest BCUT2D eigenvalue weighted by Gasteiger charge is 2.34. The van der Waals surface area contributed by atoms with Crippen molar-refractivity contribution in [2.24, 2.45) is 0 Å². The second-order valence-electron chi connectivity index (χ2n) is 6.49. The Hall–Kier alpha value is -3.33. The molecule has 1 aliphatic rings. The van der Waals surface area contributed by atoms with Gasteiger partial charge in [-0.2, -0.15) is 5.10 Å². The minimum Gasteiger partial charge on any atom is -0.489 e. The Morgan fingerprint density at radius 2 is 2.07 bits per heavy atom. The van der Waals surface area contributed by atoms with Crippen LogP contribution in [0.15, 0.2) is 47.8 Å². The van der Waals surface area contributed by atoms with Gasteiger partial charge in [0.1, 0.15) is 18.1 Å². The van der Waals surface area contributed by atoms with Gasteiger partial charge in [0.2, 0.25) is 0 Å². The molecule has 1 aliphatic heterocycles. The van der Waals surface area contributed by atoms with E-state index in [-0.39, 0.29) is 36.9 Å². The summed E-state index contributed by atoms with van der Waals surface area (Å²) < 4.78 is 12.5. The molecule has 0 atom stereocenters. The lowest BCUT2D eigenvalue weighted by Gasteiger charge is -2.16. The number of hydrogen-bond donors (Lipinski definition) is 2. The first-order valence-corrected chi connectivity index (χ1v) is 9.24. The number of amides is 1. The number of hydrogen-bond acceptors (Lipinski definition) is 7. The molecule has 29 heavy (non-hydrogen) atoms. The van der Waals surface area contributed by atoms with Gasteiger partial charge >= 0.3 is 5.97 Å². The topological polar surface area (TPSA) is 106 Å². The number of aromatic nitrogens is 2. The first-order valence-electron chi connectivity index (χ1n) is 9.24. The number of carbonyl (C=O) groups is 2. The van der Waals surface area contributed by atoms with Gasteiger partial charge in [-0.25, -0.2) is 4.79 Å². The molecule has 0 spiro atoms. The number of aliphatic hydroxyl groups is 1. The van der Waals surface area contributed by atoms with Crippen molar-refractivity contribution in [3.63, 3.8) is 0 Å². The van der Waals surface area contributed by atoms with Crippen molar-refractivity contribution in [3.05, 3.63) is 53.5 Å². The number of nitrogens with zero attached hydrogens (tertiary/aromatic N) is 3. The first-order chi connectivity index (χ1) is 14.0. The van der Waals surface area contributed by atoms with Gasteiger partial charge in [-0.15, -0.1) is 0 Å². The molecule has 0 radical (unpaired) electrons. The zero-order valence-corrected chi connectivity index (χ0v) is 16.4. The van der Waals surface area contributed by atoms with Gasteiger partial charge in [-0.05, 0) is 25.1 Å². The molecule has 2 N–H and O–H groups in total. The van der Waals surface area contributed by atoms with Crippen LogP contribution >= 0.6 is 0 Å². The molecule has 0 saturated heterocycles. The molecular formula is C20H24N4O5. The van der Waals surface area contributed by atoms with E-state index in [0.29, 0.717) is 24.6 Å². The largest absolute Gasteiger partial charge is 0.489 e. The molecule has 9 heteroatoms. The molecule has 0 fully saturated rings. The molecule has 3 rings (SSSR count). The van der Waals surface area contributed by atoms with Crippen LogP contribution in [0, 0.1) is 6.92 Å². The van der Waals surface area contributed by atoms with E-state index in [1.807, 2.05) is 25.3 Å². The van der Waals surface area contributed by atoms with Crippen molar-refractivity contribution in [1.29, 1.82) is 0 Å². The number of carbonyl (C=O) groups excluding carboxylic acids is 2. The van der Waals surface area contributed by atoms with Gasteiger partial charge in [0.15, 0.2) is 0 Å². The SMILES string of the molecule is COC(=O)C1=C(Nc2ccccc2OCCn2ccc(C)n2)C(=O)N(CCO)C1. The summed E-state index contributed by atoms with van der Waals surface area (Å²) in [7, 11) is 1.26. The number of ether oxygens (including phenoxy) is 2. The third-order valence-corrected chi connectivity index (χ3v) is 4.45. The Kier molecular flexibility index (Phi) is 6.50. The molecule has 154 valence electrons. The van der Waals surface area contributed by atoms with Gasteiger partial charge in [0.05, 0.1) is 43.8 Å². The Morgan fingerprint density at radius 3 is 2.76 bits per heavy atom. The minimum atomic E-state index is -0.589. The summed E-state index contributed by atoms with van der Waals surface area (Å²) in [6, 6.07) is 9.08. The summed E-state index contributed by atoms with van der Waals surface area (Å²) in [5, 5.41) is 16.5. The van der Waals surface area contributed by atoms with Gasteiger partial charge in [-0.3, -0.25) is 9.48 Å². The van der Waals surface area contributed by atoms with Crippen molar-refractivity contribution >= 4 is 17.6 Å². The number of β-amino-alcohol motifs (C(OH)–C–C–N with tert-alkyl or cyclic N) is 1. The molecule has 0 unspecified atom stereocenters. The number of nitrogens with one attached hydrogen (secondary N) is 1. The number of aryl methyl sites for hydroxylation is 1. The lowest BCUT2D eigenvalue weighted by molar-refractivity contribution is -0.136. The van der Waals surface area contributed by atoms with Crippen LogP contribution < -0.4 is 10.1 Å². The van der Waals surface area contributed by atoms with Crippen molar-refractivity contribution < 1.29 is 24.2 Å². The second kappa shape index (κ2) is 9.24. The summed E-state index contributed by atoms with van der Waals surface area (Å²) in [5.41, 5.74) is 1.83. The Labute approximate surface area is 168 Å². The van der Waals surface area contributed by atoms with Gasteiger partial charge in [0, 0.05) is 12.7 Å². The molecule has 0 aliphatic carbocycles. The first kappa shape index (κ1) is 20.4. The maximum Gasteiger partial charge on any atom is 0.337 e. The fourth-order valence-corrected chi connectivity index (χ4v) is 3.02. The van der Waals surface area contributed by atoms with E-state index in [4.69, 9.17) is 14.6 Å². The lowest BCUT2D eigenvalue weighted by atomic mass is 10.2. The maximum atomic E-state index is 12.7. The normalized spacial score (nSPS) is 13.8. The maximum absolute atomic E-state index is 12.7. The smallest absolute Gasteiger partial charge is 0.337 e. The van der Waals surface area contributed by atoms with Crippen molar-refractivity contribution in [1.82, 2.24) is 14.7 Å².